The standard InChI is InChI=1S/C7H7Cl2N/c8-6-2-1-5(4-10)3-7(6)9/h1-3H,4,10H2/i1D,2D,3D. The van der Waals surface area contributed by atoms with Gasteiger partial charge in [0.05, 0.1) is 14.2 Å². The van der Waals surface area contributed by atoms with Gasteiger partial charge in [0.1, 0.15) is 0 Å². The number of hydrogen-bond acceptors (Lipinski definition) is 1. The lowest BCUT2D eigenvalue weighted by Crippen LogP contribution is -1.95. The topological polar surface area (TPSA) is 26.0 Å². The van der Waals surface area contributed by atoms with Crippen LogP contribution in [0, 0.1) is 0 Å². The van der Waals surface area contributed by atoms with Crippen molar-refractivity contribution in [3.63, 3.8) is 0 Å². The predicted molar refractivity (Wildman–Crippen MR) is 44.4 cm³/mol. The van der Waals surface area contributed by atoms with Crippen LogP contribution in [0.4, 0.5) is 0 Å². The van der Waals surface area contributed by atoms with Crippen molar-refractivity contribution in [2.75, 3.05) is 0 Å². The Bertz CT molecular complexity index is 325. The van der Waals surface area contributed by atoms with Crippen LogP contribution in [0.25, 0.3) is 0 Å². The van der Waals surface area contributed by atoms with E-state index in [0.717, 1.165) is 0 Å². The molecular formula is C7H7Cl2N. The summed E-state index contributed by atoms with van der Waals surface area (Å²) >= 11 is 11.3. The zero-order valence-corrected chi connectivity index (χ0v) is 6.55. The fourth-order valence-corrected chi connectivity index (χ4v) is 0.762. The van der Waals surface area contributed by atoms with Crippen molar-refractivity contribution in [1.29, 1.82) is 0 Å². The van der Waals surface area contributed by atoms with Gasteiger partial charge in [-0.1, -0.05) is 29.2 Å². The monoisotopic (exact) mass is 178 g/mol. The summed E-state index contributed by atoms with van der Waals surface area (Å²) in [6.45, 7) is 0.0143. The summed E-state index contributed by atoms with van der Waals surface area (Å²) in [6, 6.07) is -0.361. The van der Waals surface area contributed by atoms with Crippen molar-refractivity contribution < 1.29 is 4.11 Å². The average Bonchev–Trinajstić information content (AvgIpc) is 2.13. The van der Waals surface area contributed by atoms with Gasteiger partial charge in [-0.15, -0.1) is 0 Å². The molecule has 54 valence electrons. The molecule has 2 N–H and O–H groups in total. The molecule has 0 saturated heterocycles. The highest BCUT2D eigenvalue weighted by molar-refractivity contribution is 6.41. The molecule has 0 fully saturated rings. The summed E-state index contributed by atoms with van der Waals surface area (Å²) in [5.41, 5.74) is 5.56. The molecule has 0 aliphatic heterocycles. The predicted octanol–water partition coefficient (Wildman–Crippen LogP) is 2.45. The van der Waals surface area contributed by atoms with Crippen LogP contribution in [0.15, 0.2) is 18.1 Å². The van der Waals surface area contributed by atoms with Gasteiger partial charge in [0.25, 0.3) is 0 Å². The first-order valence-corrected chi connectivity index (χ1v) is 3.40. The molecule has 3 heteroatoms. The minimum absolute atomic E-state index is 0.0110. The first-order valence-electron chi connectivity index (χ1n) is 4.14. The van der Waals surface area contributed by atoms with Crippen LogP contribution >= 0.6 is 23.2 Å². The van der Waals surface area contributed by atoms with Crippen molar-refractivity contribution in [3.8, 4) is 0 Å². The minimum atomic E-state index is -0.178. The fourth-order valence-electron chi connectivity index (χ4n) is 0.506. The zero-order valence-electron chi connectivity index (χ0n) is 8.04. The van der Waals surface area contributed by atoms with Crippen LogP contribution in [-0.2, 0) is 6.54 Å². The molecule has 0 aromatic heterocycles. The molecule has 1 rings (SSSR count). The lowest BCUT2D eigenvalue weighted by Gasteiger charge is -1.97. The number of benzene rings is 1. The SMILES string of the molecule is [2H]c1c([2H])c(CN)c([2H])c(Cl)c1Cl. The van der Waals surface area contributed by atoms with Crippen LogP contribution < -0.4 is 5.73 Å². The summed E-state index contributed by atoms with van der Waals surface area (Å²) in [4.78, 5) is 0. The highest BCUT2D eigenvalue weighted by Crippen LogP contribution is 2.21. The van der Waals surface area contributed by atoms with E-state index in [0.29, 0.717) is 0 Å². The Kier molecular flexibility index (Phi) is 1.49. The van der Waals surface area contributed by atoms with E-state index >= 15 is 0 Å². The Morgan fingerprint density at radius 3 is 2.70 bits per heavy atom. The Morgan fingerprint density at radius 2 is 2.10 bits per heavy atom. The molecule has 0 saturated carbocycles. The maximum Gasteiger partial charge on any atom is 0.0642 e. The maximum atomic E-state index is 7.47. The van der Waals surface area contributed by atoms with E-state index in [2.05, 4.69) is 0 Å². The molecule has 1 aromatic rings. The minimum Gasteiger partial charge on any atom is -0.326 e. The molecule has 1 nitrogen and oxygen atoms in total. The Balaban J connectivity index is 3.56. The van der Waals surface area contributed by atoms with Crippen molar-refractivity contribution in [2.45, 2.75) is 6.54 Å². The van der Waals surface area contributed by atoms with Gasteiger partial charge in [-0.25, -0.2) is 0 Å². The highest BCUT2D eigenvalue weighted by Gasteiger charge is 1.96. The van der Waals surface area contributed by atoms with Gasteiger partial charge in [0.15, 0.2) is 0 Å². The average molecular weight is 179 g/mol. The maximum absolute atomic E-state index is 7.47. The quantitative estimate of drug-likeness (QED) is 0.703. The van der Waals surface area contributed by atoms with E-state index in [-0.39, 0.29) is 40.3 Å². The van der Waals surface area contributed by atoms with Crippen LogP contribution in [-0.4, -0.2) is 0 Å². The van der Waals surface area contributed by atoms with Gasteiger partial charge in [-0.05, 0) is 17.6 Å². The van der Waals surface area contributed by atoms with E-state index in [1.807, 2.05) is 0 Å². The number of halogens is 2. The van der Waals surface area contributed by atoms with Crippen LogP contribution in [0.2, 0.25) is 10.0 Å². The second kappa shape index (κ2) is 3.24. The summed E-state index contributed by atoms with van der Waals surface area (Å²) in [7, 11) is 0. The third-order valence-corrected chi connectivity index (χ3v) is 1.64. The number of nitrogens with two attached hydrogens (primary N) is 1. The van der Waals surface area contributed by atoms with Crippen molar-refractivity contribution in [2.24, 2.45) is 5.73 Å². The first kappa shape index (κ1) is 4.60. The molecule has 0 radical (unpaired) electrons. The van der Waals surface area contributed by atoms with Gasteiger partial charge >= 0.3 is 0 Å². The smallest absolute Gasteiger partial charge is 0.0642 e. The molecule has 0 aliphatic carbocycles. The molecule has 0 atom stereocenters. The van der Waals surface area contributed by atoms with Crippen LogP contribution in [0.1, 0.15) is 9.68 Å². The molecule has 0 spiro atoms. The molecule has 0 heterocycles. The molecular weight excluding hydrogens is 169 g/mol. The van der Waals surface area contributed by atoms with Crippen LogP contribution in [0.5, 0.6) is 0 Å². The van der Waals surface area contributed by atoms with Crippen LogP contribution in [0.3, 0.4) is 0 Å². The fraction of sp³-hybridized carbons (Fsp3) is 0.143. The van der Waals surface area contributed by atoms with E-state index in [4.69, 9.17) is 33.0 Å². The third-order valence-electron chi connectivity index (χ3n) is 0.981. The second-order valence-corrected chi connectivity index (χ2v) is 2.44. The molecule has 0 unspecified atom stereocenters. The summed E-state index contributed by atoms with van der Waals surface area (Å²) in [5, 5.41) is -0.0722. The van der Waals surface area contributed by atoms with Gasteiger partial charge < -0.3 is 5.73 Å². The van der Waals surface area contributed by atoms with Gasteiger partial charge in [0.2, 0.25) is 0 Å². The van der Waals surface area contributed by atoms with Crippen molar-refractivity contribution >= 4 is 23.2 Å². The number of rotatable bonds is 1. The van der Waals surface area contributed by atoms with Crippen molar-refractivity contribution in [1.82, 2.24) is 0 Å². The Morgan fingerprint density at radius 1 is 1.40 bits per heavy atom. The van der Waals surface area contributed by atoms with E-state index < -0.39 is 0 Å². The number of hydrogen-bond donors (Lipinski definition) is 1. The third kappa shape index (κ3) is 1.63. The molecule has 0 aliphatic rings. The molecule has 10 heavy (non-hydrogen) atoms. The summed E-state index contributed by atoms with van der Waals surface area (Å²) in [6.07, 6.45) is 0. The summed E-state index contributed by atoms with van der Waals surface area (Å²) < 4.78 is 22.3. The van der Waals surface area contributed by atoms with Crippen molar-refractivity contribution in [3.05, 3.63) is 33.7 Å². The van der Waals surface area contributed by atoms with E-state index in [1.54, 1.807) is 0 Å². The first-order chi connectivity index (χ1) is 6.00. The van der Waals surface area contributed by atoms with E-state index in [9.17, 15) is 0 Å². The largest absolute Gasteiger partial charge is 0.326 e. The second-order valence-electron chi connectivity index (χ2n) is 1.69. The highest BCUT2D eigenvalue weighted by atomic mass is 35.5. The normalized spacial score (nSPS) is 14.1. The molecule has 0 amide bonds. The Labute approximate surface area is 74.0 Å². The Hall–Kier alpha value is -0.240. The van der Waals surface area contributed by atoms with Gasteiger partial charge in [-0.2, -0.15) is 0 Å². The lowest BCUT2D eigenvalue weighted by molar-refractivity contribution is 1.07. The zero-order chi connectivity index (χ0) is 10.2. The molecule has 1 aromatic carbocycles. The lowest BCUT2D eigenvalue weighted by atomic mass is 10.2. The van der Waals surface area contributed by atoms with Gasteiger partial charge in [0, 0.05) is 6.54 Å². The van der Waals surface area contributed by atoms with Gasteiger partial charge in [-0.3, -0.25) is 0 Å². The summed E-state index contributed by atoms with van der Waals surface area (Å²) in [5.74, 6) is 0. The molecule has 0 bridgehead atoms. The van der Waals surface area contributed by atoms with E-state index in [1.165, 1.54) is 0 Å².